The monoisotopic (exact) mass is 445 g/mol. The fourth-order valence-corrected chi connectivity index (χ4v) is 2.75. The van der Waals surface area contributed by atoms with Crippen molar-refractivity contribution in [3.63, 3.8) is 0 Å². The van der Waals surface area contributed by atoms with Crippen LogP contribution in [0.15, 0.2) is 54.7 Å². The molecule has 3 rings (SSSR count). The number of benzene rings is 2. The molecule has 29 heavy (non-hydrogen) atoms. The number of hydrogen-bond donors (Lipinski definition) is 1. The molecule has 11 heteroatoms. The van der Waals surface area contributed by atoms with Crippen molar-refractivity contribution in [1.82, 2.24) is 9.78 Å². The fraction of sp³-hybridized carbons (Fsp3) is 0.111. The Balaban J connectivity index is 1.59. The van der Waals surface area contributed by atoms with Crippen LogP contribution in [-0.4, -0.2) is 22.1 Å². The van der Waals surface area contributed by atoms with Gasteiger partial charge in [-0.15, -0.1) is 13.2 Å². The van der Waals surface area contributed by atoms with Crippen molar-refractivity contribution in [3.8, 4) is 11.5 Å². The summed E-state index contributed by atoms with van der Waals surface area (Å²) in [6.07, 6.45) is -3.27. The first-order chi connectivity index (χ1) is 13.7. The maximum atomic E-state index is 12.2. The van der Waals surface area contributed by atoms with Crippen LogP contribution >= 0.6 is 23.2 Å². The zero-order valence-electron chi connectivity index (χ0n) is 14.4. The molecule has 0 aliphatic rings. The minimum absolute atomic E-state index is 0.0415. The Morgan fingerprint density at radius 3 is 2.34 bits per heavy atom. The van der Waals surface area contributed by atoms with Gasteiger partial charge in [0.2, 0.25) is 0 Å². The lowest BCUT2D eigenvalue weighted by molar-refractivity contribution is -0.274. The van der Waals surface area contributed by atoms with E-state index in [0.717, 1.165) is 12.1 Å². The summed E-state index contributed by atoms with van der Waals surface area (Å²) < 4.78 is 47.1. The van der Waals surface area contributed by atoms with Crippen LogP contribution in [0, 0.1) is 0 Å². The molecule has 0 aliphatic heterocycles. The van der Waals surface area contributed by atoms with Crippen molar-refractivity contribution < 1.29 is 27.4 Å². The summed E-state index contributed by atoms with van der Waals surface area (Å²) in [7, 11) is 0. The summed E-state index contributed by atoms with van der Waals surface area (Å²) in [5.74, 6) is -0.655. The van der Waals surface area contributed by atoms with E-state index in [4.69, 9.17) is 27.9 Å². The third-order valence-electron chi connectivity index (χ3n) is 3.48. The van der Waals surface area contributed by atoms with Crippen molar-refractivity contribution >= 4 is 34.8 Å². The first-order valence-corrected chi connectivity index (χ1v) is 8.74. The van der Waals surface area contributed by atoms with E-state index in [9.17, 15) is 18.0 Å². The molecule has 0 spiro atoms. The molecule has 0 saturated heterocycles. The van der Waals surface area contributed by atoms with Gasteiger partial charge in [-0.3, -0.25) is 4.79 Å². The number of hydrogen-bond acceptors (Lipinski definition) is 4. The van der Waals surface area contributed by atoms with E-state index >= 15 is 0 Å². The molecule has 1 aromatic heterocycles. The Hall–Kier alpha value is -2.91. The highest BCUT2D eigenvalue weighted by Crippen LogP contribution is 2.32. The molecule has 1 heterocycles. The van der Waals surface area contributed by atoms with E-state index in [1.165, 1.54) is 29.1 Å². The lowest BCUT2D eigenvalue weighted by atomic mass is 10.3. The van der Waals surface area contributed by atoms with Crippen LogP contribution in [0.25, 0.3) is 0 Å². The SMILES string of the molecule is O=C(Nc1ccc(OC(F)(F)F)cc1)c1ccn(COc2c(Cl)cccc2Cl)n1. The maximum Gasteiger partial charge on any atom is 0.573 e. The summed E-state index contributed by atoms with van der Waals surface area (Å²) in [5, 5.41) is 7.25. The van der Waals surface area contributed by atoms with E-state index in [2.05, 4.69) is 15.2 Å². The third kappa shape index (κ3) is 5.78. The molecule has 0 radical (unpaired) electrons. The number of alkyl halides is 3. The van der Waals surface area contributed by atoms with Gasteiger partial charge in [-0.25, -0.2) is 4.68 Å². The van der Waals surface area contributed by atoms with E-state index in [0.29, 0.717) is 15.8 Å². The summed E-state index contributed by atoms with van der Waals surface area (Å²) in [6, 6.07) is 11.1. The van der Waals surface area contributed by atoms with E-state index in [1.807, 2.05) is 0 Å². The molecule has 3 aromatic rings. The number of para-hydroxylation sites is 1. The molecule has 0 unspecified atom stereocenters. The highest BCUT2D eigenvalue weighted by atomic mass is 35.5. The second-order valence-electron chi connectivity index (χ2n) is 5.59. The molecular weight excluding hydrogens is 434 g/mol. The quantitative estimate of drug-likeness (QED) is 0.553. The van der Waals surface area contributed by atoms with Gasteiger partial charge in [0.1, 0.15) is 5.75 Å². The maximum absolute atomic E-state index is 12.2. The topological polar surface area (TPSA) is 65.4 Å². The number of nitrogens with one attached hydrogen (secondary N) is 1. The second kappa shape index (κ2) is 8.62. The van der Waals surface area contributed by atoms with Crippen LogP contribution in [0.3, 0.4) is 0 Å². The van der Waals surface area contributed by atoms with Crippen LogP contribution < -0.4 is 14.8 Å². The molecule has 6 nitrogen and oxygen atoms in total. The first kappa shape index (κ1) is 20.8. The summed E-state index contributed by atoms with van der Waals surface area (Å²) in [5.41, 5.74) is 0.354. The number of carbonyl (C=O) groups excluding carboxylic acids is 1. The normalized spacial score (nSPS) is 11.2. The number of ether oxygens (including phenoxy) is 2. The Morgan fingerprint density at radius 1 is 1.07 bits per heavy atom. The molecule has 2 aromatic carbocycles. The Bertz CT molecular complexity index is 987. The highest BCUT2D eigenvalue weighted by Gasteiger charge is 2.31. The van der Waals surface area contributed by atoms with E-state index in [1.54, 1.807) is 18.2 Å². The van der Waals surface area contributed by atoms with Crippen molar-refractivity contribution in [3.05, 3.63) is 70.5 Å². The van der Waals surface area contributed by atoms with Gasteiger partial charge in [-0.05, 0) is 42.5 Å². The van der Waals surface area contributed by atoms with Gasteiger partial charge in [0, 0.05) is 11.9 Å². The van der Waals surface area contributed by atoms with Gasteiger partial charge in [0.05, 0.1) is 10.0 Å². The average Bonchev–Trinajstić information content (AvgIpc) is 3.11. The van der Waals surface area contributed by atoms with Crippen molar-refractivity contribution in [2.75, 3.05) is 5.32 Å². The minimum Gasteiger partial charge on any atom is -0.468 e. The number of amides is 1. The number of aromatic nitrogens is 2. The van der Waals surface area contributed by atoms with Gasteiger partial charge in [0.15, 0.2) is 18.2 Å². The third-order valence-corrected chi connectivity index (χ3v) is 4.07. The Labute approximate surface area is 172 Å². The van der Waals surface area contributed by atoms with Gasteiger partial charge < -0.3 is 14.8 Å². The van der Waals surface area contributed by atoms with Crippen LogP contribution in [0.5, 0.6) is 11.5 Å². The summed E-state index contributed by atoms with van der Waals surface area (Å²) in [6.45, 7) is -0.0415. The standard InChI is InChI=1S/C18H12Cl2F3N3O3/c19-13-2-1-3-14(20)16(13)28-10-26-9-8-15(25-26)17(27)24-11-4-6-12(7-5-11)29-18(21,22)23/h1-9H,10H2,(H,24,27). The number of carbonyl (C=O) groups is 1. The van der Waals surface area contributed by atoms with E-state index < -0.39 is 18.0 Å². The molecule has 1 N–H and O–H groups in total. The predicted molar refractivity (Wildman–Crippen MR) is 100 cm³/mol. The van der Waals surface area contributed by atoms with Crippen molar-refractivity contribution in [2.45, 2.75) is 13.1 Å². The van der Waals surface area contributed by atoms with Crippen LogP contribution in [0.2, 0.25) is 10.0 Å². The average molecular weight is 446 g/mol. The second-order valence-corrected chi connectivity index (χ2v) is 6.41. The first-order valence-electron chi connectivity index (χ1n) is 7.99. The molecule has 0 fully saturated rings. The number of anilines is 1. The number of halogens is 5. The summed E-state index contributed by atoms with van der Waals surface area (Å²) >= 11 is 12.0. The Kier molecular flexibility index (Phi) is 6.19. The molecule has 0 atom stereocenters. The van der Waals surface area contributed by atoms with E-state index in [-0.39, 0.29) is 18.1 Å². The molecule has 1 amide bonds. The van der Waals surface area contributed by atoms with Crippen molar-refractivity contribution in [2.24, 2.45) is 0 Å². The minimum atomic E-state index is -4.78. The van der Waals surface area contributed by atoms with Gasteiger partial charge in [0.25, 0.3) is 5.91 Å². The zero-order valence-corrected chi connectivity index (χ0v) is 15.9. The molecular formula is C18H12Cl2F3N3O3. The van der Waals surface area contributed by atoms with Crippen LogP contribution in [0.4, 0.5) is 18.9 Å². The highest BCUT2D eigenvalue weighted by molar-refractivity contribution is 6.37. The summed E-state index contributed by atoms with van der Waals surface area (Å²) in [4.78, 5) is 12.2. The fourth-order valence-electron chi connectivity index (χ4n) is 2.24. The smallest absolute Gasteiger partial charge is 0.468 e. The van der Waals surface area contributed by atoms with Gasteiger partial charge in [-0.2, -0.15) is 5.10 Å². The van der Waals surface area contributed by atoms with Crippen LogP contribution in [-0.2, 0) is 6.73 Å². The van der Waals surface area contributed by atoms with Crippen LogP contribution in [0.1, 0.15) is 10.5 Å². The molecule has 0 bridgehead atoms. The van der Waals surface area contributed by atoms with Crippen molar-refractivity contribution in [1.29, 1.82) is 0 Å². The largest absolute Gasteiger partial charge is 0.573 e. The molecule has 0 aliphatic carbocycles. The van der Waals surface area contributed by atoms with Gasteiger partial charge >= 0.3 is 6.36 Å². The number of rotatable bonds is 6. The molecule has 0 saturated carbocycles. The lowest BCUT2D eigenvalue weighted by Gasteiger charge is -2.10. The zero-order chi connectivity index (χ0) is 21.0. The lowest BCUT2D eigenvalue weighted by Crippen LogP contribution is -2.17. The predicted octanol–water partition coefficient (Wildman–Crippen LogP) is 5.38. The Morgan fingerprint density at radius 2 is 1.72 bits per heavy atom. The van der Waals surface area contributed by atoms with Gasteiger partial charge in [-0.1, -0.05) is 29.3 Å². The number of nitrogens with zero attached hydrogens (tertiary/aromatic N) is 2. The molecule has 152 valence electrons.